The summed E-state index contributed by atoms with van der Waals surface area (Å²) >= 11 is 1.50. The minimum absolute atomic E-state index is 0.0248. The fourth-order valence-corrected chi connectivity index (χ4v) is 2.82. The van der Waals surface area contributed by atoms with Crippen LogP contribution >= 0.6 is 11.8 Å². The Balaban J connectivity index is 2.88. The maximum atomic E-state index is 11.8. The second-order valence-electron chi connectivity index (χ2n) is 5.36. The summed E-state index contributed by atoms with van der Waals surface area (Å²) in [6.07, 6.45) is 0. The predicted octanol–water partition coefficient (Wildman–Crippen LogP) is 1.81. The highest BCUT2D eigenvalue weighted by Crippen LogP contribution is 2.27. The van der Waals surface area contributed by atoms with Gasteiger partial charge in [0.2, 0.25) is 15.9 Å². The molecule has 1 amide bonds. The number of primary sulfonamides is 1. The molecule has 0 aromatic heterocycles. The molecule has 118 valence electrons. The number of methoxy groups -OCH3 is 1. The van der Waals surface area contributed by atoms with Gasteiger partial charge in [-0.15, -0.1) is 11.8 Å². The molecule has 6 nitrogen and oxygen atoms in total. The van der Waals surface area contributed by atoms with Crippen molar-refractivity contribution in [2.24, 2.45) is 5.14 Å². The third-order valence-electron chi connectivity index (χ3n) is 2.39. The van der Waals surface area contributed by atoms with Gasteiger partial charge in [0, 0.05) is 10.4 Å². The Bertz CT molecular complexity index is 622. The standard InChI is InChI=1S/C13H20N2O4S2/c1-13(2,3)20-8-12(16)15-9-5-6-10(19-4)11(7-9)21(14,17)18/h5-7H,8H2,1-4H3,(H,15,16)(H2,14,17,18). The first-order chi connectivity index (χ1) is 9.53. The number of nitrogens with two attached hydrogens (primary N) is 1. The van der Waals surface area contributed by atoms with Gasteiger partial charge in [-0.2, -0.15) is 0 Å². The molecule has 1 aromatic carbocycles. The molecule has 0 radical (unpaired) electrons. The molecule has 0 saturated carbocycles. The van der Waals surface area contributed by atoms with Crippen LogP contribution in [0.1, 0.15) is 20.8 Å². The number of hydrogen-bond acceptors (Lipinski definition) is 5. The van der Waals surface area contributed by atoms with Gasteiger partial charge >= 0.3 is 0 Å². The van der Waals surface area contributed by atoms with Crippen molar-refractivity contribution in [2.45, 2.75) is 30.4 Å². The molecule has 1 aromatic rings. The lowest BCUT2D eigenvalue weighted by Gasteiger charge is -2.17. The summed E-state index contributed by atoms with van der Waals surface area (Å²) in [6.45, 7) is 6.03. The highest BCUT2D eigenvalue weighted by Gasteiger charge is 2.17. The van der Waals surface area contributed by atoms with E-state index in [0.29, 0.717) is 5.69 Å². The Morgan fingerprint density at radius 1 is 1.38 bits per heavy atom. The highest BCUT2D eigenvalue weighted by molar-refractivity contribution is 8.01. The molecule has 1 rings (SSSR count). The Morgan fingerprint density at radius 3 is 2.48 bits per heavy atom. The third kappa shape index (κ3) is 5.94. The smallest absolute Gasteiger partial charge is 0.241 e. The molecule has 0 aliphatic heterocycles. The van der Waals surface area contributed by atoms with Gasteiger partial charge in [-0.1, -0.05) is 20.8 Å². The van der Waals surface area contributed by atoms with Gasteiger partial charge in [-0.05, 0) is 18.2 Å². The van der Waals surface area contributed by atoms with Crippen molar-refractivity contribution in [3.63, 3.8) is 0 Å². The number of amides is 1. The van der Waals surface area contributed by atoms with Crippen LogP contribution in [0.4, 0.5) is 5.69 Å². The summed E-state index contributed by atoms with van der Waals surface area (Å²) in [5.41, 5.74) is 0.360. The van der Waals surface area contributed by atoms with Gasteiger partial charge in [0.1, 0.15) is 10.6 Å². The highest BCUT2D eigenvalue weighted by atomic mass is 32.2. The van der Waals surface area contributed by atoms with Crippen LogP contribution in [-0.2, 0) is 14.8 Å². The molecule has 8 heteroatoms. The average Bonchev–Trinajstić information content (AvgIpc) is 2.34. The van der Waals surface area contributed by atoms with Crippen molar-refractivity contribution >= 4 is 33.4 Å². The van der Waals surface area contributed by atoms with Crippen molar-refractivity contribution < 1.29 is 17.9 Å². The molecular formula is C13H20N2O4S2. The van der Waals surface area contributed by atoms with Crippen molar-refractivity contribution in [1.82, 2.24) is 0 Å². The second kappa shape index (κ2) is 6.67. The van der Waals surface area contributed by atoms with Crippen LogP contribution in [0.25, 0.3) is 0 Å². The lowest BCUT2D eigenvalue weighted by atomic mass is 10.3. The average molecular weight is 332 g/mol. The van der Waals surface area contributed by atoms with E-state index >= 15 is 0 Å². The summed E-state index contributed by atoms with van der Waals surface area (Å²) in [5.74, 6) is 0.209. The number of benzene rings is 1. The zero-order valence-electron chi connectivity index (χ0n) is 12.5. The van der Waals surface area contributed by atoms with Gasteiger partial charge in [0.05, 0.1) is 12.9 Å². The van der Waals surface area contributed by atoms with E-state index in [1.54, 1.807) is 6.07 Å². The third-order valence-corrected chi connectivity index (χ3v) is 4.59. The van der Waals surface area contributed by atoms with Crippen LogP contribution in [-0.4, -0.2) is 31.9 Å². The normalized spacial score (nSPS) is 12.0. The molecule has 0 heterocycles. The number of hydrogen-bond donors (Lipinski definition) is 2. The van der Waals surface area contributed by atoms with E-state index < -0.39 is 10.0 Å². The first-order valence-corrected chi connectivity index (χ1v) is 8.71. The maximum absolute atomic E-state index is 11.8. The van der Waals surface area contributed by atoms with Crippen LogP contribution in [0.5, 0.6) is 5.75 Å². The largest absolute Gasteiger partial charge is 0.495 e. The zero-order chi connectivity index (χ0) is 16.3. The van der Waals surface area contributed by atoms with Crippen LogP contribution < -0.4 is 15.2 Å². The van der Waals surface area contributed by atoms with Crippen molar-refractivity contribution in [2.75, 3.05) is 18.2 Å². The molecule has 0 atom stereocenters. The quantitative estimate of drug-likeness (QED) is 0.857. The molecule has 0 unspecified atom stereocenters. The van der Waals surface area contributed by atoms with Gasteiger partial charge in [-0.25, -0.2) is 13.6 Å². The zero-order valence-corrected chi connectivity index (χ0v) is 14.1. The minimum Gasteiger partial charge on any atom is -0.495 e. The fraction of sp³-hybridized carbons (Fsp3) is 0.462. The van der Waals surface area contributed by atoms with Crippen LogP contribution in [0, 0.1) is 0 Å². The van der Waals surface area contributed by atoms with E-state index in [2.05, 4.69) is 5.32 Å². The lowest BCUT2D eigenvalue weighted by molar-refractivity contribution is -0.113. The van der Waals surface area contributed by atoms with E-state index in [4.69, 9.17) is 9.88 Å². The second-order valence-corrected chi connectivity index (χ2v) is 8.69. The number of ether oxygens (including phenoxy) is 1. The molecule has 0 aliphatic rings. The van der Waals surface area contributed by atoms with Crippen molar-refractivity contribution in [1.29, 1.82) is 0 Å². The van der Waals surface area contributed by atoms with Crippen LogP contribution in [0.3, 0.4) is 0 Å². The molecule has 0 fully saturated rings. The van der Waals surface area contributed by atoms with Gasteiger partial charge in [0.15, 0.2) is 0 Å². The first-order valence-electron chi connectivity index (χ1n) is 6.17. The number of carbonyl (C=O) groups excluding carboxylic acids is 1. The predicted molar refractivity (Wildman–Crippen MR) is 85.2 cm³/mol. The van der Waals surface area contributed by atoms with Crippen LogP contribution in [0.15, 0.2) is 23.1 Å². The Kier molecular flexibility index (Phi) is 5.66. The molecule has 0 aliphatic carbocycles. The first kappa shape index (κ1) is 17.8. The van der Waals surface area contributed by atoms with Gasteiger partial charge < -0.3 is 10.1 Å². The minimum atomic E-state index is -3.92. The molecule has 0 saturated heterocycles. The van der Waals surface area contributed by atoms with Crippen LogP contribution in [0.2, 0.25) is 0 Å². The summed E-state index contributed by atoms with van der Waals surface area (Å²) in [4.78, 5) is 11.7. The number of carbonyl (C=O) groups is 1. The number of anilines is 1. The summed E-state index contributed by atoms with van der Waals surface area (Å²) in [5, 5.41) is 7.77. The van der Waals surface area contributed by atoms with Crippen molar-refractivity contribution in [3.8, 4) is 5.75 Å². The summed E-state index contributed by atoms with van der Waals surface area (Å²) in [7, 11) is -2.57. The van der Waals surface area contributed by atoms with E-state index in [9.17, 15) is 13.2 Å². The summed E-state index contributed by atoms with van der Waals surface area (Å²) < 4.78 is 27.9. The van der Waals surface area contributed by atoms with E-state index in [1.807, 2.05) is 20.8 Å². The SMILES string of the molecule is COc1ccc(NC(=O)CSC(C)(C)C)cc1S(N)(=O)=O. The van der Waals surface area contributed by atoms with E-state index in [0.717, 1.165) is 0 Å². The fourth-order valence-electron chi connectivity index (χ4n) is 1.46. The van der Waals surface area contributed by atoms with E-state index in [-0.39, 0.29) is 27.1 Å². The molecule has 21 heavy (non-hydrogen) atoms. The number of sulfonamides is 1. The van der Waals surface area contributed by atoms with Crippen molar-refractivity contribution in [3.05, 3.63) is 18.2 Å². The topological polar surface area (TPSA) is 98.5 Å². The Hall–Kier alpha value is -1.25. The van der Waals surface area contributed by atoms with E-state index in [1.165, 1.54) is 31.0 Å². The Labute approximate surface area is 129 Å². The number of rotatable bonds is 5. The monoisotopic (exact) mass is 332 g/mol. The molecule has 0 bridgehead atoms. The maximum Gasteiger partial charge on any atom is 0.241 e. The molecule has 3 N–H and O–H groups in total. The number of nitrogens with one attached hydrogen (secondary N) is 1. The van der Waals surface area contributed by atoms with Gasteiger partial charge in [0.25, 0.3) is 0 Å². The van der Waals surface area contributed by atoms with Gasteiger partial charge in [-0.3, -0.25) is 4.79 Å². The molecule has 0 spiro atoms. The number of thioether (sulfide) groups is 1. The lowest BCUT2D eigenvalue weighted by Crippen LogP contribution is -2.19. The summed E-state index contributed by atoms with van der Waals surface area (Å²) in [6, 6.07) is 4.30. The Morgan fingerprint density at radius 2 is 2.00 bits per heavy atom. The molecular weight excluding hydrogens is 312 g/mol.